The van der Waals surface area contributed by atoms with Gasteiger partial charge in [-0.1, -0.05) is 24.3 Å². The molecule has 0 aromatic heterocycles. The van der Waals surface area contributed by atoms with E-state index in [1.165, 1.54) is 4.90 Å². The van der Waals surface area contributed by atoms with Crippen molar-refractivity contribution < 1.29 is 14.4 Å². The number of likely N-dealkylation sites (tertiary alicyclic amines) is 1. The Morgan fingerprint density at radius 3 is 2.28 bits per heavy atom. The molecule has 1 saturated heterocycles. The molecule has 1 aliphatic rings. The molecule has 1 heterocycles. The Hall–Kier alpha value is -2.95. The number of hydrogen-bond donors (Lipinski definition) is 1. The molecule has 0 spiro atoms. The number of benzene rings is 2. The number of imide groups is 1. The molecule has 1 N–H and O–H groups in total. The van der Waals surface area contributed by atoms with Crippen LogP contribution >= 0.6 is 0 Å². The second kappa shape index (κ2) is 6.89. The molecule has 0 saturated carbocycles. The van der Waals surface area contributed by atoms with Crippen molar-refractivity contribution in [2.45, 2.75) is 33.2 Å². The van der Waals surface area contributed by atoms with Crippen molar-refractivity contribution in [2.24, 2.45) is 0 Å². The fourth-order valence-electron chi connectivity index (χ4n) is 2.81. The van der Waals surface area contributed by atoms with Crippen LogP contribution in [0, 0.1) is 13.8 Å². The second-order valence-electron chi connectivity index (χ2n) is 6.34. The smallest absolute Gasteiger partial charge is 0.255 e. The lowest BCUT2D eigenvalue weighted by molar-refractivity contribution is -0.139. The van der Waals surface area contributed by atoms with Gasteiger partial charge in [0.05, 0.1) is 6.54 Å². The van der Waals surface area contributed by atoms with Gasteiger partial charge in [0.1, 0.15) is 0 Å². The topological polar surface area (TPSA) is 66.5 Å². The molecule has 2 aromatic rings. The van der Waals surface area contributed by atoms with Gasteiger partial charge in [-0.2, -0.15) is 0 Å². The van der Waals surface area contributed by atoms with E-state index >= 15 is 0 Å². The molecule has 0 unspecified atom stereocenters. The maximum absolute atomic E-state index is 12.4. The largest absolute Gasteiger partial charge is 0.322 e. The second-order valence-corrected chi connectivity index (χ2v) is 6.34. The molecule has 0 radical (unpaired) electrons. The summed E-state index contributed by atoms with van der Waals surface area (Å²) in [6, 6.07) is 12.9. The highest BCUT2D eigenvalue weighted by Gasteiger charge is 2.28. The summed E-state index contributed by atoms with van der Waals surface area (Å²) in [4.78, 5) is 37.0. The highest BCUT2D eigenvalue weighted by molar-refractivity contribution is 6.04. The Bertz CT molecular complexity index is 825. The first-order valence-corrected chi connectivity index (χ1v) is 8.25. The molecule has 0 aliphatic carbocycles. The zero-order chi connectivity index (χ0) is 18.0. The zero-order valence-corrected chi connectivity index (χ0v) is 14.3. The van der Waals surface area contributed by atoms with E-state index in [-0.39, 0.29) is 37.1 Å². The van der Waals surface area contributed by atoms with Crippen LogP contribution in [-0.4, -0.2) is 22.6 Å². The maximum atomic E-state index is 12.4. The summed E-state index contributed by atoms with van der Waals surface area (Å²) in [5.41, 5.74) is 4.23. The predicted octanol–water partition coefficient (Wildman–Crippen LogP) is 3.20. The fourth-order valence-corrected chi connectivity index (χ4v) is 2.81. The lowest BCUT2D eigenvalue weighted by atomic mass is 10.1. The van der Waals surface area contributed by atoms with E-state index in [2.05, 4.69) is 5.32 Å². The van der Waals surface area contributed by atoms with E-state index in [4.69, 9.17) is 0 Å². The number of carbonyl (C=O) groups is 3. The molecular weight excluding hydrogens is 316 g/mol. The van der Waals surface area contributed by atoms with Crippen LogP contribution in [-0.2, 0) is 16.1 Å². The van der Waals surface area contributed by atoms with Crippen LogP contribution in [0.1, 0.15) is 39.9 Å². The van der Waals surface area contributed by atoms with Crippen molar-refractivity contribution in [3.05, 3.63) is 64.7 Å². The summed E-state index contributed by atoms with van der Waals surface area (Å²) in [5, 5.41) is 2.92. The molecule has 0 bridgehead atoms. The van der Waals surface area contributed by atoms with E-state index in [0.29, 0.717) is 5.56 Å². The SMILES string of the molecule is Cc1ccc(C)c(NC(=O)c2ccc(CN3C(=O)CCC3=O)cc2)c1. The lowest BCUT2D eigenvalue weighted by Gasteiger charge is -2.14. The van der Waals surface area contributed by atoms with Crippen LogP contribution in [0.5, 0.6) is 0 Å². The normalized spacial score (nSPS) is 14.1. The van der Waals surface area contributed by atoms with Crippen LogP contribution in [0.3, 0.4) is 0 Å². The predicted molar refractivity (Wildman–Crippen MR) is 95.1 cm³/mol. The van der Waals surface area contributed by atoms with Gasteiger partial charge in [-0.25, -0.2) is 0 Å². The summed E-state index contributed by atoms with van der Waals surface area (Å²) in [7, 11) is 0. The quantitative estimate of drug-likeness (QED) is 0.872. The molecule has 3 amide bonds. The minimum Gasteiger partial charge on any atom is -0.322 e. The Balaban J connectivity index is 1.69. The third-order valence-corrected chi connectivity index (χ3v) is 4.35. The van der Waals surface area contributed by atoms with Gasteiger partial charge in [0.15, 0.2) is 0 Å². The average Bonchev–Trinajstić information content (AvgIpc) is 2.91. The van der Waals surface area contributed by atoms with Gasteiger partial charge in [0, 0.05) is 24.1 Å². The van der Waals surface area contributed by atoms with Crippen LogP contribution in [0.4, 0.5) is 5.69 Å². The van der Waals surface area contributed by atoms with E-state index in [9.17, 15) is 14.4 Å². The number of anilines is 1. The third-order valence-electron chi connectivity index (χ3n) is 4.35. The number of carbonyl (C=O) groups excluding carboxylic acids is 3. The van der Waals surface area contributed by atoms with Crippen molar-refractivity contribution in [2.75, 3.05) is 5.32 Å². The summed E-state index contributed by atoms with van der Waals surface area (Å²) in [5.74, 6) is -0.461. The Morgan fingerprint density at radius 2 is 1.64 bits per heavy atom. The highest BCUT2D eigenvalue weighted by atomic mass is 16.2. The van der Waals surface area contributed by atoms with Crippen molar-refractivity contribution in [1.82, 2.24) is 4.90 Å². The van der Waals surface area contributed by atoms with Crippen LogP contribution in [0.15, 0.2) is 42.5 Å². The third kappa shape index (κ3) is 3.76. The Kier molecular flexibility index (Phi) is 4.65. The Labute approximate surface area is 146 Å². The van der Waals surface area contributed by atoms with Gasteiger partial charge in [0.2, 0.25) is 11.8 Å². The Morgan fingerprint density at radius 1 is 1.00 bits per heavy atom. The molecule has 128 valence electrons. The molecule has 25 heavy (non-hydrogen) atoms. The van der Waals surface area contributed by atoms with Gasteiger partial charge in [-0.15, -0.1) is 0 Å². The monoisotopic (exact) mass is 336 g/mol. The van der Waals surface area contributed by atoms with Gasteiger partial charge in [-0.05, 0) is 48.7 Å². The minimum absolute atomic E-state index is 0.137. The zero-order valence-electron chi connectivity index (χ0n) is 14.3. The molecule has 5 heteroatoms. The van der Waals surface area contributed by atoms with Crippen LogP contribution in [0.25, 0.3) is 0 Å². The number of nitrogens with one attached hydrogen (secondary N) is 1. The van der Waals surface area contributed by atoms with Gasteiger partial charge >= 0.3 is 0 Å². The minimum atomic E-state index is -0.187. The standard InChI is InChI=1S/C20H20N2O3/c1-13-3-4-14(2)17(11-13)21-20(25)16-7-5-15(6-8-16)12-22-18(23)9-10-19(22)24/h3-8,11H,9-10,12H2,1-2H3,(H,21,25). The van der Waals surface area contributed by atoms with Gasteiger partial charge in [0.25, 0.3) is 5.91 Å². The molecule has 3 rings (SSSR count). The molecule has 0 atom stereocenters. The maximum Gasteiger partial charge on any atom is 0.255 e. The van der Waals surface area contributed by atoms with E-state index < -0.39 is 0 Å². The molecule has 1 aliphatic heterocycles. The first-order valence-electron chi connectivity index (χ1n) is 8.25. The molecule has 2 aromatic carbocycles. The molecule has 1 fully saturated rings. The van der Waals surface area contributed by atoms with Crippen molar-refractivity contribution in [3.8, 4) is 0 Å². The molecular formula is C20H20N2O3. The number of rotatable bonds is 4. The van der Waals surface area contributed by atoms with Crippen molar-refractivity contribution in [1.29, 1.82) is 0 Å². The highest BCUT2D eigenvalue weighted by Crippen LogP contribution is 2.19. The fraction of sp³-hybridized carbons (Fsp3) is 0.250. The first-order chi connectivity index (χ1) is 11.9. The average molecular weight is 336 g/mol. The van der Waals surface area contributed by atoms with Gasteiger partial charge in [-0.3, -0.25) is 19.3 Å². The van der Waals surface area contributed by atoms with E-state index in [0.717, 1.165) is 22.4 Å². The first kappa shape index (κ1) is 16.9. The summed E-state index contributed by atoms with van der Waals surface area (Å²) < 4.78 is 0. The summed E-state index contributed by atoms with van der Waals surface area (Å²) in [6.07, 6.45) is 0.574. The van der Waals surface area contributed by atoms with Crippen LogP contribution in [0.2, 0.25) is 0 Å². The van der Waals surface area contributed by atoms with E-state index in [1.807, 2.05) is 32.0 Å². The number of nitrogens with zero attached hydrogens (tertiary/aromatic N) is 1. The van der Waals surface area contributed by atoms with Crippen molar-refractivity contribution in [3.63, 3.8) is 0 Å². The summed E-state index contributed by atoms with van der Waals surface area (Å²) >= 11 is 0. The molecule has 5 nitrogen and oxygen atoms in total. The van der Waals surface area contributed by atoms with E-state index in [1.54, 1.807) is 24.3 Å². The van der Waals surface area contributed by atoms with Crippen molar-refractivity contribution >= 4 is 23.4 Å². The van der Waals surface area contributed by atoms with Gasteiger partial charge < -0.3 is 5.32 Å². The summed E-state index contributed by atoms with van der Waals surface area (Å²) in [6.45, 7) is 4.18. The number of hydrogen-bond acceptors (Lipinski definition) is 3. The van der Waals surface area contributed by atoms with Crippen LogP contribution < -0.4 is 5.32 Å². The number of amides is 3. The lowest BCUT2D eigenvalue weighted by Crippen LogP contribution is -2.28. The number of aryl methyl sites for hydroxylation is 2.